The molecule has 0 bridgehead atoms. The van der Waals surface area contributed by atoms with E-state index in [2.05, 4.69) is 13.8 Å². The summed E-state index contributed by atoms with van der Waals surface area (Å²) < 4.78 is 59.7. The minimum atomic E-state index is -2.36. The van der Waals surface area contributed by atoms with E-state index in [1.807, 2.05) is 50.4 Å². The van der Waals surface area contributed by atoms with Gasteiger partial charge in [-0.15, -0.1) is 0 Å². The van der Waals surface area contributed by atoms with Gasteiger partial charge in [-0.25, -0.2) is 4.57 Å². The van der Waals surface area contributed by atoms with Crippen LogP contribution in [-0.4, -0.2) is 0 Å². The van der Waals surface area contributed by atoms with Gasteiger partial charge >= 0.3 is 0 Å². The molecule has 1 saturated carbocycles. The number of para-hydroxylation sites is 1. The van der Waals surface area contributed by atoms with Crippen molar-refractivity contribution < 1.29 is 17.2 Å². The molecule has 2 heterocycles. The SMILES string of the molecule is [2H]C([2H])([2H])c1c[n+](C)c(-c2c(C)c(C([2H])([2H])C)cc3c2oc2ccccc23)cc1C1([2H])CCC(C)(C)CC1. The van der Waals surface area contributed by atoms with Crippen LogP contribution in [0.15, 0.2) is 47.0 Å². The third-order valence-electron chi connectivity index (χ3n) is 7.32. The molecule has 0 aliphatic heterocycles. The lowest BCUT2D eigenvalue weighted by Gasteiger charge is -2.34. The van der Waals surface area contributed by atoms with Crippen LogP contribution in [-0.2, 0) is 13.4 Å². The molecule has 166 valence electrons. The van der Waals surface area contributed by atoms with Gasteiger partial charge in [0.25, 0.3) is 0 Å². The van der Waals surface area contributed by atoms with Gasteiger partial charge in [0.15, 0.2) is 6.20 Å². The number of hydrogen-bond donors (Lipinski definition) is 0. The largest absolute Gasteiger partial charge is 0.455 e. The van der Waals surface area contributed by atoms with Crippen molar-refractivity contribution in [1.29, 1.82) is 0 Å². The Morgan fingerprint density at radius 1 is 1.19 bits per heavy atom. The predicted octanol–water partition coefficient (Wildman–Crippen LogP) is 7.94. The summed E-state index contributed by atoms with van der Waals surface area (Å²) in [4.78, 5) is 0. The van der Waals surface area contributed by atoms with E-state index in [-0.39, 0.29) is 11.0 Å². The molecule has 32 heavy (non-hydrogen) atoms. The first-order chi connectivity index (χ1) is 17.5. The van der Waals surface area contributed by atoms with Crippen LogP contribution < -0.4 is 4.57 Å². The first kappa shape index (κ1) is 15.3. The van der Waals surface area contributed by atoms with Gasteiger partial charge in [-0.2, -0.15) is 0 Å². The van der Waals surface area contributed by atoms with Crippen molar-refractivity contribution >= 4 is 21.9 Å². The Bertz CT molecular complexity index is 1550. The molecule has 1 aliphatic carbocycles. The van der Waals surface area contributed by atoms with E-state index >= 15 is 0 Å². The van der Waals surface area contributed by atoms with E-state index in [0.29, 0.717) is 35.1 Å². The number of aromatic nitrogens is 1. The fourth-order valence-electron chi connectivity index (χ4n) is 5.21. The zero-order valence-corrected chi connectivity index (χ0v) is 19.7. The molecule has 0 radical (unpaired) electrons. The maximum Gasteiger partial charge on any atom is 0.216 e. The number of nitrogens with zero attached hydrogens (tertiary/aromatic N) is 1. The third-order valence-corrected chi connectivity index (χ3v) is 7.32. The van der Waals surface area contributed by atoms with Crippen LogP contribution in [0.1, 0.15) is 82.8 Å². The summed E-state index contributed by atoms with van der Waals surface area (Å²) in [5.74, 6) is -1.01. The number of hydrogen-bond acceptors (Lipinski definition) is 1. The molecule has 1 aliphatic rings. The molecular formula is C30H36NO+. The Balaban J connectivity index is 1.86. The first-order valence-corrected chi connectivity index (χ1v) is 11.5. The van der Waals surface area contributed by atoms with E-state index in [1.54, 1.807) is 17.7 Å². The highest BCUT2D eigenvalue weighted by Gasteiger charge is 2.31. The Kier molecular flexibility index (Phi) is 3.70. The highest BCUT2D eigenvalue weighted by Crippen LogP contribution is 2.44. The minimum Gasteiger partial charge on any atom is -0.455 e. The molecule has 2 aromatic heterocycles. The smallest absolute Gasteiger partial charge is 0.216 e. The monoisotopic (exact) mass is 432 g/mol. The zero-order chi connectivity index (χ0) is 27.8. The fourth-order valence-corrected chi connectivity index (χ4v) is 5.21. The molecule has 2 nitrogen and oxygen atoms in total. The van der Waals surface area contributed by atoms with Gasteiger partial charge in [-0.05, 0) is 86.0 Å². The van der Waals surface area contributed by atoms with E-state index in [0.717, 1.165) is 40.4 Å². The molecule has 0 atom stereocenters. The predicted molar refractivity (Wildman–Crippen MR) is 134 cm³/mol. The van der Waals surface area contributed by atoms with Crippen molar-refractivity contribution in [2.45, 2.75) is 72.5 Å². The molecule has 0 amide bonds. The number of aryl methyl sites for hydroxylation is 3. The number of furan rings is 1. The highest BCUT2D eigenvalue weighted by atomic mass is 16.3. The van der Waals surface area contributed by atoms with E-state index in [4.69, 9.17) is 11.3 Å². The normalized spacial score (nSPS) is 21.4. The van der Waals surface area contributed by atoms with Gasteiger partial charge in [0.2, 0.25) is 5.69 Å². The summed E-state index contributed by atoms with van der Waals surface area (Å²) in [6.07, 6.45) is 2.93. The van der Waals surface area contributed by atoms with Crippen LogP contribution in [0.3, 0.4) is 0 Å². The molecule has 2 aromatic carbocycles. The van der Waals surface area contributed by atoms with Crippen molar-refractivity contribution in [2.75, 3.05) is 0 Å². The molecule has 1 fully saturated rings. The van der Waals surface area contributed by atoms with Crippen molar-refractivity contribution in [2.24, 2.45) is 12.5 Å². The maximum absolute atomic E-state index is 9.49. The van der Waals surface area contributed by atoms with Crippen LogP contribution in [0.25, 0.3) is 33.2 Å². The Morgan fingerprint density at radius 3 is 2.66 bits per heavy atom. The average molecular weight is 433 g/mol. The number of benzene rings is 2. The molecule has 0 spiro atoms. The fraction of sp³-hybridized carbons (Fsp3) is 0.433. The summed E-state index contributed by atoms with van der Waals surface area (Å²) in [5.41, 5.74) is 4.99. The third kappa shape index (κ3) is 3.45. The summed E-state index contributed by atoms with van der Waals surface area (Å²) in [5, 5.41) is 1.73. The van der Waals surface area contributed by atoms with Gasteiger partial charge in [-0.3, -0.25) is 0 Å². The maximum atomic E-state index is 9.49. The Hall–Kier alpha value is -2.61. The molecule has 0 unspecified atom stereocenters. The highest BCUT2D eigenvalue weighted by molar-refractivity contribution is 6.10. The summed E-state index contributed by atoms with van der Waals surface area (Å²) in [6, 6.07) is 11.5. The molecule has 4 aromatic rings. The van der Waals surface area contributed by atoms with Crippen molar-refractivity contribution in [1.82, 2.24) is 0 Å². The van der Waals surface area contributed by atoms with Crippen LogP contribution in [0, 0.1) is 19.2 Å². The molecule has 5 rings (SSSR count). The van der Waals surface area contributed by atoms with E-state index in [9.17, 15) is 1.37 Å². The average Bonchev–Trinajstić information content (AvgIpc) is 3.18. The van der Waals surface area contributed by atoms with Gasteiger partial charge < -0.3 is 4.42 Å². The first-order valence-electron chi connectivity index (χ1n) is 14.5. The zero-order valence-electron chi connectivity index (χ0n) is 25.7. The summed E-state index contributed by atoms with van der Waals surface area (Å²) in [6.45, 7) is 5.51. The van der Waals surface area contributed by atoms with Gasteiger partial charge in [0.05, 0.1) is 5.56 Å². The number of fused-ring (bicyclic) bond motifs is 3. The van der Waals surface area contributed by atoms with Gasteiger partial charge in [0.1, 0.15) is 18.2 Å². The van der Waals surface area contributed by atoms with Crippen molar-refractivity contribution in [3.63, 3.8) is 0 Å². The Morgan fingerprint density at radius 2 is 1.94 bits per heavy atom. The van der Waals surface area contributed by atoms with Crippen LogP contribution >= 0.6 is 0 Å². The van der Waals surface area contributed by atoms with Crippen LogP contribution in [0.5, 0.6) is 0 Å². The second-order valence-electron chi connectivity index (χ2n) is 10.0. The minimum absolute atomic E-state index is 0.130. The van der Waals surface area contributed by atoms with Gasteiger partial charge in [-0.1, -0.05) is 39.0 Å². The number of rotatable bonds is 3. The number of pyridine rings is 1. The molecule has 0 N–H and O–H groups in total. The van der Waals surface area contributed by atoms with Crippen LogP contribution in [0.4, 0.5) is 0 Å². The second-order valence-corrected chi connectivity index (χ2v) is 10.0. The van der Waals surface area contributed by atoms with Gasteiger partial charge in [0, 0.05) is 30.6 Å². The van der Waals surface area contributed by atoms with E-state index < -0.39 is 19.1 Å². The van der Waals surface area contributed by atoms with Crippen molar-refractivity contribution in [3.8, 4) is 11.3 Å². The summed E-state index contributed by atoms with van der Waals surface area (Å²) >= 11 is 0. The second kappa shape index (κ2) is 7.76. The standard InChI is InChI=1S/C30H36NO/c1-7-21-16-25-23-10-8-9-11-27(23)32-29(25)28(20(21)3)26-17-24(19(2)18-31(26)6)22-12-14-30(4,5)15-13-22/h8-11,16-18,22H,7,12-15H2,1-6H3/q+1/i2D3,7D2,22D. The lowest BCUT2D eigenvalue weighted by molar-refractivity contribution is -0.660. The molecule has 0 saturated heterocycles. The quantitative estimate of drug-likeness (QED) is 0.300. The lowest BCUT2D eigenvalue weighted by atomic mass is 9.70. The van der Waals surface area contributed by atoms with Crippen molar-refractivity contribution in [3.05, 3.63) is 64.8 Å². The summed E-state index contributed by atoms with van der Waals surface area (Å²) in [7, 11) is 1.82. The Labute approximate surface area is 200 Å². The topological polar surface area (TPSA) is 17.0 Å². The molecular weight excluding hydrogens is 390 g/mol. The molecule has 2 heteroatoms. The lowest BCUT2D eigenvalue weighted by Crippen LogP contribution is -2.32. The van der Waals surface area contributed by atoms with E-state index in [1.165, 1.54) is 0 Å². The van der Waals surface area contributed by atoms with Crippen LogP contribution in [0.2, 0.25) is 0 Å².